The number of phenolic OH excluding ortho intramolecular Hbond substituents is 1. The van der Waals surface area contributed by atoms with Gasteiger partial charge in [-0.05, 0) is 30.2 Å². The minimum atomic E-state index is -0.602. The van der Waals surface area contributed by atoms with E-state index in [9.17, 15) is 9.90 Å². The lowest BCUT2D eigenvalue weighted by Gasteiger charge is -2.11. The van der Waals surface area contributed by atoms with Gasteiger partial charge in [0.25, 0.3) is 0 Å². The van der Waals surface area contributed by atoms with Gasteiger partial charge in [0.15, 0.2) is 0 Å². The maximum atomic E-state index is 11.7. The maximum absolute atomic E-state index is 11.7. The summed E-state index contributed by atoms with van der Waals surface area (Å²) < 4.78 is 5.85. The number of aromatic hydroxyl groups is 1. The quantitative estimate of drug-likeness (QED) is 0.826. The first-order valence-corrected chi connectivity index (χ1v) is 6.82. The minimum absolute atomic E-state index is 0.00599. The molecule has 0 saturated heterocycles. The summed E-state index contributed by atoms with van der Waals surface area (Å²) in [5, 5.41) is 12.4. The van der Waals surface area contributed by atoms with Gasteiger partial charge in [0.05, 0.1) is 5.69 Å². The second-order valence-electron chi connectivity index (χ2n) is 4.30. The van der Waals surface area contributed by atoms with Crippen LogP contribution in [0.5, 0.6) is 5.75 Å². The fraction of sp³-hybridized carbons (Fsp3) is 0.133. The van der Waals surface area contributed by atoms with Gasteiger partial charge < -0.3 is 9.84 Å². The van der Waals surface area contributed by atoms with Gasteiger partial charge in [0.1, 0.15) is 12.4 Å². The molecule has 0 spiro atoms. The summed E-state index contributed by atoms with van der Waals surface area (Å²) in [6.45, 7) is 1.97. The number of anilines is 1. The van der Waals surface area contributed by atoms with Crippen LogP contribution in [0.4, 0.5) is 10.5 Å². The third-order valence-electron chi connectivity index (χ3n) is 2.72. The number of phenols is 1. The van der Waals surface area contributed by atoms with Crippen molar-refractivity contribution in [1.29, 1.82) is 0 Å². The molecule has 0 aliphatic heterocycles. The molecule has 0 radical (unpaired) electrons. The van der Waals surface area contributed by atoms with Crippen LogP contribution in [0.1, 0.15) is 11.1 Å². The van der Waals surface area contributed by atoms with E-state index >= 15 is 0 Å². The maximum Gasteiger partial charge on any atom is 0.412 e. The van der Waals surface area contributed by atoms with E-state index < -0.39 is 6.09 Å². The average molecular weight is 336 g/mol. The number of hydrogen-bond acceptors (Lipinski definition) is 3. The molecule has 0 bridgehead atoms. The Morgan fingerprint density at radius 1 is 1.30 bits per heavy atom. The molecule has 0 heterocycles. The van der Waals surface area contributed by atoms with Gasteiger partial charge in [0.2, 0.25) is 0 Å². The van der Waals surface area contributed by atoms with E-state index in [1.54, 1.807) is 13.0 Å². The predicted molar refractivity (Wildman–Crippen MR) is 80.8 cm³/mol. The highest BCUT2D eigenvalue weighted by Gasteiger charge is 2.11. The van der Waals surface area contributed by atoms with E-state index in [4.69, 9.17) is 4.74 Å². The highest BCUT2D eigenvalue weighted by Crippen LogP contribution is 2.31. The number of nitrogens with one attached hydrogen (secondary N) is 1. The average Bonchev–Trinajstić information content (AvgIpc) is 2.42. The summed E-state index contributed by atoms with van der Waals surface area (Å²) in [4.78, 5) is 11.7. The normalized spacial score (nSPS) is 10.1. The van der Waals surface area contributed by atoms with Crippen LogP contribution in [0.3, 0.4) is 0 Å². The monoisotopic (exact) mass is 335 g/mol. The first-order valence-electron chi connectivity index (χ1n) is 6.03. The lowest BCUT2D eigenvalue weighted by molar-refractivity contribution is 0.155. The Labute approximate surface area is 125 Å². The number of carbonyl (C=O) groups is 1. The number of benzene rings is 2. The Kier molecular flexibility index (Phi) is 4.63. The molecule has 0 aliphatic carbocycles. The summed E-state index contributed by atoms with van der Waals surface area (Å²) in [5.74, 6) is -0.00599. The van der Waals surface area contributed by atoms with Gasteiger partial charge in [-0.15, -0.1) is 0 Å². The van der Waals surface area contributed by atoms with Crippen LogP contribution < -0.4 is 5.32 Å². The van der Waals surface area contributed by atoms with Crippen molar-refractivity contribution in [1.82, 2.24) is 0 Å². The molecule has 20 heavy (non-hydrogen) atoms. The van der Waals surface area contributed by atoms with Crippen molar-refractivity contribution in [3.8, 4) is 5.75 Å². The van der Waals surface area contributed by atoms with Crippen LogP contribution in [0.15, 0.2) is 46.9 Å². The Balaban J connectivity index is 1.98. The third-order valence-corrected chi connectivity index (χ3v) is 3.18. The third kappa shape index (κ3) is 3.74. The van der Waals surface area contributed by atoms with Gasteiger partial charge in [-0.3, -0.25) is 5.32 Å². The van der Waals surface area contributed by atoms with Crippen molar-refractivity contribution < 1.29 is 14.6 Å². The molecule has 0 fully saturated rings. The number of hydrogen-bond donors (Lipinski definition) is 2. The van der Waals surface area contributed by atoms with Crippen molar-refractivity contribution in [2.45, 2.75) is 13.5 Å². The van der Waals surface area contributed by atoms with E-state index in [1.165, 1.54) is 6.07 Å². The number of halogens is 1. The van der Waals surface area contributed by atoms with Crippen molar-refractivity contribution in [3.63, 3.8) is 0 Å². The van der Waals surface area contributed by atoms with Crippen LogP contribution >= 0.6 is 15.9 Å². The SMILES string of the molecule is Cc1cc(Br)cc(O)c1NC(=O)OCc1ccccc1. The number of amides is 1. The standard InChI is InChI=1S/C15H14BrNO3/c1-10-7-12(16)8-13(18)14(10)17-15(19)20-9-11-5-3-2-4-6-11/h2-8,18H,9H2,1H3,(H,17,19). The first-order chi connectivity index (χ1) is 9.56. The molecule has 0 unspecified atom stereocenters. The van der Waals surface area contributed by atoms with Gasteiger partial charge in [-0.1, -0.05) is 46.3 Å². The van der Waals surface area contributed by atoms with Gasteiger partial charge in [0, 0.05) is 4.47 Å². The van der Waals surface area contributed by atoms with Crippen LogP contribution in [-0.4, -0.2) is 11.2 Å². The Morgan fingerprint density at radius 2 is 2.00 bits per heavy atom. The smallest absolute Gasteiger partial charge is 0.412 e. The molecule has 2 aromatic carbocycles. The summed E-state index contributed by atoms with van der Waals surface area (Å²) in [5.41, 5.74) is 2.00. The van der Waals surface area contributed by atoms with Crippen LogP contribution in [0.2, 0.25) is 0 Å². The fourth-order valence-electron chi connectivity index (χ4n) is 1.75. The fourth-order valence-corrected chi connectivity index (χ4v) is 2.31. The number of aryl methyl sites for hydroxylation is 1. The second-order valence-corrected chi connectivity index (χ2v) is 5.22. The Bertz CT molecular complexity index is 591. The van der Waals surface area contributed by atoms with Crippen molar-refractivity contribution in [3.05, 3.63) is 58.1 Å². The zero-order chi connectivity index (χ0) is 14.5. The zero-order valence-electron chi connectivity index (χ0n) is 10.9. The van der Waals surface area contributed by atoms with Gasteiger partial charge >= 0.3 is 6.09 Å². The van der Waals surface area contributed by atoms with Crippen LogP contribution in [-0.2, 0) is 11.3 Å². The molecule has 104 valence electrons. The molecular formula is C15H14BrNO3. The molecule has 2 rings (SSSR count). The number of carbonyl (C=O) groups excluding carboxylic acids is 1. The molecule has 2 N–H and O–H groups in total. The molecule has 2 aromatic rings. The topological polar surface area (TPSA) is 58.6 Å². The summed E-state index contributed by atoms with van der Waals surface area (Å²) in [7, 11) is 0. The van der Waals surface area contributed by atoms with Gasteiger partial charge in [-0.2, -0.15) is 0 Å². The van der Waals surface area contributed by atoms with Crippen molar-refractivity contribution >= 4 is 27.7 Å². The molecule has 0 saturated carbocycles. The van der Waals surface area contributed by atoms with Crippen LogP contribution in [0, 0.1) is 6.92 Å². The first kappa shape index (κ1) is 14.4. The molecule has 0 aromatic heterocycles. The van der Waals surface area contributed by atoms with E-state index in [-0.39, 0.29) is 12.4 Å². The predicted octanol–water partition coefficient (Wildman–Crippen LogP) is 4.21. The van der Waals surface area contributed by atoms with Gasteiger partial charge in [-0.25, -0.2) is 4.79 Å². The zero-order valence-corrected chi connectivity index (χ0v) is 12.5. The number of ether oxygens (including phenoxy) is 1. The lowest BCUT2D eigenvalue weighted by atomic mass is 10.2. The van der Waals surface area contributed by atoms with Crippen LogP contribution in [0.25, 0.3) is 0 Å². The molecular weight excluding hydrogens is 322 g/mol. The van der Waals surface area contributed by atoms with E-state index in [0.717, 1.165) is 15.6 Å². The van der Waals surface area contributed by atoms with Crippen molar-refractivity contribution in [2.75, 3.05) is 5.32 Å². The minimum Gasteiger partial charge on any atom is -0.506 e. The summed E-state index contributed by atoms with van der Waals surface area (Å²) >= 11 is 3.27. The molecule has 0 aliphatic rings. The van der Waals surface area contributed by atoms with Crippen molar-refractivity contribution in [2.24, 2.45) is 0 Å². The largest absolute Gasteiger partial charge is 0.506 e. The Morgan fingerprint density at radius 3 is 2.65 bits per heavy atom. The highest BCUT2D eigenvalue weighted by atomic mass is 79.9. The Hall–Kier alpha value is -2.01. The molecule has 0 atom stereocenters. The van der Waals surface area contributed by atoms with E-state index in [2.05, 4.69) is 21.2 Å². The number of rotatable bonds is 3. The highest BCUT2D eigenvalue weighted by molar-refractivity contribution is 9.10. The molecule has 5 heteroatoms. The molecule has 1 amide bonds. The molecule has 4 nitrogen and oxygen atoms in total. The van der Waals surface area contributed by atoms with E-state index in [1.807, 2.05) is 30.3 Å². The summed E-state index contributed by atoms with van der Waals surface area (Å²) in [6.07, 6.45) is -0.602. The summed E-state index contributed by atoms with van der Waals surface area (Å²) in [6, 6.07) is 12.7. The lowest BCUT2D eigenvalue weighted by Crippen LogP contribution is -2.14. The van der Waals surface area contributed by atoms with E-state index in [0.29, 0.717) is 5.69 Å². The second kappa shape index (κ2) is 6.43.